The monoisotopic (exact) mass is 319 g/mol. The first-order valence-electron chi connectivity index (χ1n) is 6.76. The van der Waals surface area contributed by atoms with E-state index in [1.54, 1.807) is 12.1 Å². The number of anilines is 1. The van der Waals surface area contributed by atoms with E-state index in [4.69, 9.17) is 21.1 Å². The van der Waals surface area contributed by atoms with E-state index in [1.807, 2.05) is 32.0 Å². The number of aryl methyl sites for hydroxylation is 2. The Hall–Kier alpha value is -2.20. The summed E-state index contributed by atoms with van der Waals surface area (Å²) in [6, 6.07) is 9.00. The van der Waals surface area contributed by atoms with Crippen LogP contribution in [0.4, 0.5) is 5.69 Å². The van der Waals surface area contributed by atoms with Crippen molar-refractivity contribution in [1.29, 1.82) is 0 Å². The second-order valence-electron chi connectivity index (χ2n) is 4.97. The van der Waals surface area contributed by atoms with Crippen LogP contribution in [0.3, 0.4) is 0 Å². The summed E-state index contributed by atoms with van der Waals surface area (Å²) in [5.74, 6) is 0.572. The summed E-state index contributed by atoms with van der Waals surface area (Å²) in [7, 11) is 3.00. The quantitative estimate of drug-likeness (QED) is 0.917. The standard InChI is InChI=1S/C17H18ClNO3/c1-10-5-6-14(11(2)7-10)19-17(20)12-8-13(18)16(22-4)15(9-12)21-3/h5-9H,1-4H3,(H,19,20). The Balaban J connectivity index is 2.31. The minimum atomic E-state index is -0.255. The lowest BCUT2D eigenvalue weighted by Gasteiger charge is -2.13. The molecule has 2 rings (SSSR count). The van der Waals surface area contributed by atoms with Crippen LogP contribution >= 0.6 is 11.6 Å². The SMILES string of the molecule is COc1cc(C(=O)Nc2ccc(C)cc2C)cc(Cl)c1OC. The van der Waals surface area contributed by atoms with E-state index in [1.165, 1.54) is 14.2 Å². The van der Waals surface area contributed by atoms with E-state index in [0.29, 0.717) is 22.1 Å². The number of carbonyl (C=O) groups excluding carboxylic acids is 1. The molecule has 0 spiro atoms. The molecular formula is C17H18ClNO3. The van der Waals surface area contributed by atoms with E-state index in [0.717, 1.165) is 16.8 Å². The molecule has 0 aliphatic carbocycles. The zero-order valence-electron chi connectivity index (χ0n) is 13.0. The number of methoxy groups -OCH3 is 2. The van der Waals surface area contributed by atoms with E-state index in [-0.39, 0.29) is 5.91 Å². The van der Waals surface area contributed by atoms with Crippen molar-refractivity contribution in [1.82, 2.24) is 0 Å². The summed E-state index contributed by atoms with van der Waals surface area (Å²) < 4.78 is 10.4. The third kappa shape index (κ3) is 3.34. The molecule has 4 nitrogen and oxygen atoms in total. The first-order chi connectivity index (χ1) is 10.5. The lowest BCUT2D eigenvalue weighted by molar-refractivity contribution is 0.102. The van der Waals surface area contributed by atoms with Gasteiger partial charge in [-0.2, -0.15) is 0 Å². The number of amides is 1. The largest absolute Gasteiger partial charge is 0.493 e. The van der Waals surface area contributed by atoms with Crippen LogP contribution in [-0.4, -0.2) is 20.1 Å². The highest BCUT2D eigenvalue weighted by Crippen LogP contribution is 2.36. The maximum Gasteiger partial charge on any atom is 0.255 e. The van der Waals surface area contributed by atoms with Crippen LogP contribution in [0.1, 0.15) is 21.5 Å². The molecule has 22 heavy (non-hydrogen) atoms. The third-order valence-corrected chi connectivity index (χ3v) is 3.61. The van der Waals surface area contributed by atoms with Crippen molar-refractivity contribution in [3.05, 3.63) is 52.0 Å². The van der Waals surface area contributed by atoms with Gasteiger partial charge in [0, 0.05) is 11.3 Å². The highest BCUT2D eigenvalue weighted by atomic mass is 35.5. The number of hydrogen-bond acceptors (Lipinski definition) is 3. The van der Waals surface area contributed by atoms with Gasteiger partial charge in [0.15, 0.2) is 11.5 Å². The fourth-order valence-corrected chi connectivity index (χ4v) is 2.49. The molecule has 0 aliphatic heterocycles. The van der Waals surface area contributed by atoms with Crippen LogP contribution in [0, 0.1) is 13.8 Å². The van der Waals surface area contributed by atoms with Crippen LogP contribution in [0.5, 0.6) is 11.5 Å². The maximum atomic E-state index is 12.4. The van der Waals surface area contributed by atoms with Gasteiger partial charge in [0.05, 0.1) is 19.2 Å². The van der Waals surface area contributed by atoms with Crippen molar-refractivity contribution < 1.29 is 14.3 Å². The third-order valence-electron chi connectivity index (χ3n) is 3.33. The van der Waals surface area contributed by atoms with Gasteiger partial charge in [0.25, 0.3) is 5.91 Å². The molecule has 1 amide bonds. The number of ether oxygens (including phenoxy) is 2. The van der Waals surface area contributed by atoms with Crippen molar-refractivity contribution in [2.45, 2.75) is 13.8 Å². The van der Waals surface area contributed by atoms with Gasteiger partial charge in [0.1, 0.15) is 0 Å². The maximum absolute atomic E-state index is 12.4. The second-order valence-corrected chi connectivity index (χ2v) is 5.37. The Morgan fingerprint density at radius 2 is 1.82 bits per heavy atom. The van der Waals surface area contributed by atoms with Gasteiger partial charge in [-0.1, -0.05) is 29.3 Å². The van der Waals surface area contributed by atoms with Crippen molar-refractivity contribution in [3.8, 4) is 11.5 Å². The molecule has 0 radical (unpaired) electrons. The molecule has 2 aromatic carbocycles. The van der Waals surface area contributed by atoms with Crippen LogP contribution in [-0.2, 0) is 0 Å². The normalized spacial score (nSPS) is 10.2. The Bertz CT molecular complexity index is 713. The van der Waals surface area contributed by atoms with Crippen LogP contribution in [0.2, 0.25) is 5.02 Å². The van der Waals surface area contributed by atoms with Gasteiger partial charge >= 0.3 is 0 Å². The molecule has 0 saturated heterocycles. The van der Waals surface area contributed by atoms with Crippen LogP contribution in [0.25, 0.3) is 0 Å². The van der Waals surface area contributed by atoms with Crippen molar-refractivity contribution >= 4 is 23.2 Å². The fourth-order valence-electron chi connectivity index (χ4n) is 2.20. The molecule has 1 N–H and O–H groups in total. The van der Waals surface area contributed by atoms with Gasteiger partial charge in [-0.05, 0) is 37.6 Å². The molecule has 0 heterocycles. The molecule has 0 unspecified atom stereocenters. The van der Waals surface area contributed by atoms with Gasteiger partial charge in [-0.3, -0.25) is 4.79 Å². The first kappa shape index (κ1) is 16.2. The summed E-state index contributed by atoms with van der Waals surface area (Å²) in [5, 5.41) is 3.20. The van der Waals surface area contributed by atoms with Crippen molar-refractivity contribution in [2.24, 2.45) is 0 Å². The smallest absolute Gasteiger partial charge is 0.255 e. The summed E-state index contributed by atoms with van der Waals surface area (Å²) in [6.45, 7) is 3.96. The molecular weight excluding hydrogens is 302 g/mol. The van der Waals surface area contributed by atoms with E-state index < -0.39 is 0 Å². The zero-order chi connectivity index (χ0) is 16.3. The Morgan fingerprint density at radius 3 is 2.41 bits per heavy atom. The highest BCUT2D eigenvalue weighted by molar-refractivity contribution is 6.32. The van der Waals surface area contributed by atoms with Crippen LogP contribution < -0.4 is 14.8 Å². The predicted molar refractivity (Wildman–Crippen MR) is 88.4 cm³/mol. The van der Waals surface area contributed by atoms with Crippen LogP contribution in [0.15, 0.2) is 30.3 Å². The Kier molecular flexibility index (Phi) is 4.93. The molecule has 116 valence electrons. The highest BCUT2D eigenvalue weighted by Gasteiger charge is 2.15. The zero-order valence-corrected chi connectivity index (χ0v) is 13.7. The average Bonchev–Trinajstić information content (AvgIpc) is 2.49. The predicted octanol–water partition coefficient (Wildman–Crippen LogP) is 4.23. The lowest BCUT2D eigenvalue weighted by Crippen LogP contribution is -2.13. The summed E-state index contributed by atoms with van der Waals surface area (Å²) >= 11 is 6.13. The first-order valence-corrected chi connectivity index (χ1v) is 7.14. The summed E-state index contributed by atoms with van der Waals surface area (Å²) in [6.07, 6.45) is 0. The Labute approximate surface area is 135 Å². The van der Waals surface area contributed by atoms with Gasteiger partial charge in [-0.25, -0.2) is 0 Å². The van der Waals surface area contributed by atoms with Crippen molar-refractivity contribution in [3.63, 3.8) is 0 Å². The minimum absolute atomic E-state index is 0.255. The molecule has 0 bridgehead atoms. The van der Waals surface area contributed by atoms with E-state index in [2.05, 4.69) is 5.32 Å². The molecule has 5 heteroatoms. The number of benzene rings is 2. The van der Waals surface area contributed by atoms with Gasteiger partial charge in [-0.15, -0.1) is 0 Å². The van der Waals surface area contributed by atoms with Gasteiger partial charge < -0.3 is 14.8 Å². The number of carbonyl (C=O) groups is 1. The number of hydrogen-bond donors (Lipinski definition) is 1. The summed E-state index contributed by atoms with van der Waals surface area (Å²) in [5.41, 5.74) is 3.31. The van der Waals surface area contributed by atoms with E-state index in [9.17, 15) is 4.79 Å². The molecule has 0 atom stereocenters. The molecule has 0 aliphatic rings. The second kappa shape index (κ2) is 6.71. The van der Waals surface area contributed by atoms with E-state index >= 15 is 0 Å². The molecule has 0 fully saturated rings. The number of nitrogens with one attached hydrogen (secondary N) is 1. The Morgan fingerprint density at radius 1 is 1.09 bits per heavy atom. The van der Waals surface area contributed by atoms with Crippen molar-refractivity contribution in [2.75, 3.05) is 19.5 Å². The average molecular weight is 320 g/mol. The molecule has 0 aromatic heterocycles. The molecule has 0 saturated carbocycles. The lowest BCUT2D eigenvalue weighted by atomic mass is 10.1. The number of rotatable bonds is 4. The fraction of sp³-hybridized carbons (Fsp3) is 0.235. The number of halogens is 1. The summed E-state index contributed by atoms with van der Waals surface area (Å²) in [4.78, 5) is 12.4. The molecule has 2 aromatic rings. The topological polar surface area (TPSA) is 47.6 Å². The minimum Gasteiger partial charge on any atom is -0.493 e. The van der Waals surface area contributed by atoms with Gasteiger partial charge in [0.2, 0.25) is 0 Å².